The smallest absolute Gasteiger partial charge is 0.192 e. The van der Waals surface area contributed by atoms with E-state index in [1.54, 1.807) is 0 Å². The molecule has 0 amide bonds. The Balaban J connectivity index is 3.49. The summed E-state index contributed by atoms with van der Waals surface area (Å²) in [4.78, 5) is 0. The summed E-state index contributed by atoms with van der Waals surface area (Å²) in [5.74, 6) is 3.67. The van der Waals surface area contributed by atoms with Gasteiger partial charge in [-0.15, -0.1) is 5.54 Å². The third-order valence-electron chi connectivity index (χ3n) is 7.91. The summed E-state index contributed by atoms with van der Waals surface area (Å²) in [7, 11) is -3.61. The number of rotatable bonds is 7. The molecule has 1 aromatic carbocycles. The van der Waals surface area contributed by atoms with Gasteiger partial charge in [-0.05, 0) is 69.0 Å². The zero-order valence-corrected chi connectivity index (χ0v) is 26.3. The summed E-state index contributed by atoms with van der Waals surface area (Å²) in [6.07, 6.45) is 0. The average molecular weight is 485 g/mol. The van der Waals surface area contributed by atoms with Crippen molar-refractivity contribution in [2.75, 3.05) is 6.61 Å². The van der Waals surface area contributed by atoms with Gasteiger partial charge in [0.15, 0.2) is 8.32 Å². The molecule has 0 saturated heterocycles. The molecule has 0 aliphatic rings. The Morgan fingerprint density at radius 1 is 0.879 bits per heavy atom. The van der Waals surface area contributed by atoms with Crippen LogP contribution in [0.3, 0.4) is 0 Å². The minimum atomic E-state index is -1.83. The van der Waals surface area contributed by atoms with E-state index in [-0.39, 0.29) is 10.5 Å². The molecule has 0 heterocycles. The van der Waals surface area contributed by atoms with Crippen LogP contribution in [0.2, 0.25) is 34.8 Å². The Hall–Kier alpha value is -1.09. The molecule has 0 aliphatic carbocycles. The standard InChI is InChI=1S/C30H52OSi2/c1-22(2)33(23(3)4,24(5)6)17-16-26-18-27(20-28(19-26)29(8,9)10)25(7)21-31-32(14,15)30(11,12)13/h18-20,22-24H,7,21H2,1-6,8-15H3. The van der Waals surface area contributed by atoms with E-state index in [1.165, 1.54) is 5.56 Å². The van der Waals surface area contributed by atoms with Gasteiger partial charge >= 0.3 is 0 Å². The van der Waals surface area contributed by atoms with Gasteiger partial charge in [-0.3, -0.25) is 0 Å². The molecule has 1 rings (SSSR count). The van der Waals surface area contributed by atoms with Gasteiger partial charge in [0.2, 0.25) is 0 Å². The molecule has 0 fully saturated rings. The van der Waals surface area contributed by atoms with E-state index in [0.29, 0.717) is 23.2 Å². The van der Waals surface area contributed by atoms with E-state index < -0.39 is 16.4 Å². The normalized spacial score (nSPS) is 13.5. The van der Waals surface area contributed by atoms with Crippen molar-refractivity contribution in [2.45, 2.75) is 123 Å². The molecule has 0 unspecified atom stereocenters. The first kappa shape index (κ1) is 29.9. The maximum absolute atomic E-state index is 6.49. The van der Waals surface area contributed by atoms with E-state index in [0.717, 1.165) is 16.7 Å². The first-order chi connectivity index (χ1) is 14.8. The topological polar surface area (TPSA) is 9.23 Å². The highest BCUT2D eigenvalue weighted by Gasteiger charge is 2.41. The molecule has 33 heavy (non-hydrogen) atoms. The minimum Gasteiger partial charge on any atom is -0.413 e. The van der Waals surface area contributed by atoms with Crippen LogP contribution in [0.25, 0.3) is 5.57 Å². The monoisotopic (exact) mass is 484 g/mol. The van der Waals surface area contributed by atoms with Crippen LogP contribution in [-0.4, -0.2) is 23.0 Å². The lowest BCUT2D eigenvalue weighted by atomic mass is 9.84. The maximum Gasteiger partial charge on any atom is 0.192 e. The molecule has 0 saturated carbocycles. The largest absolute Gasteiger partial charge is 0.413 e. The Kier molecular flexibility index (Phi) is 9.68. The zero-order valence-electron chi connectivity index (χ0n) is 24.3. The average Bonchev–Trinajstić information content (AvgIpc) is 2.63. The van der Waals surface area contributed by atoms with Crippen molar-refractivity contribution in [3.63, 3.8) is 0 Å². The van der Waals surface area contributed by atoms with Crippen molar-refractivity contribution in [2.24, 2.45) is 0 Å². The Labute approximate surface area is 208 Å². The molecular formula is C30H52OSi2. The van der Waals surface area contributed by atoms with Gasteiger partial charge in [-0.1, -0.05) is 102 Å². The summed E-state index contributed by atoms with van der Waals surface area (Å²) in [5, 5.41) is 0.190. The van der Waals surface area contributed by atoms with Crippen LogP contribution in [-0.2, 0) is 9.84 Å². The second-order valence-electron chi connectivity index (χ2n) is 13.3. The number of hydrogen-bond donors (Lipinski definition) is 0. The van der Waals surface area contributed by atoms with Gasteiger partial charge in [0.1, 0.15) is 8.07 Å². The molecular weight excluding hydrogens is 433 g/mol. The molecule has 0 N–H and O–H groups in total. The van der Waals surface area contributed by atoms with E-state index in [4.69, 9.17) is 4.43 Å². The van der Waals surface area contributed by atoms with E-state index >= 15 is 0 Å². The zero-order chi connectivity index (χ0) is 26.0. The van der Waals surface area contributed by atoms with E-state index in [9.17, 15) is 0 Å². The third kappa shape index (κ3) is 7.20. The van der Waals surface area contributed by atoms with Gasteiger partial charge in [0, 0.05) is 5.56 Å². The fourth-order valence-corrected chi connectivity index (χ4v) is 10.7. The van der Waals surface area contributed by atoms with Gasteiger partial charge < -0.3 is 4.43 Å². The molecule has 0 aromatic heterocycles. The molecule has 0 spiro atoms. The molecule has 0 atom stereocenters. The summed E-state index contributed by atoms with van der Waals surface area (Å²) >= 11 is 0. The summed E-state index contributed by atoms with van der Waals surface area (Å²) in [5.41, 5.74) is 10.5. The maximum atomic E-state index is 6.49. The Morgan fingerprint density at radius 2 is 1.36 bits per heavy atom. The highest BCUT2D eigenvalue weighted by molar-refractivity contribution is 6.90. The Bertz CT molecular complexity index is 859. The molecule has 0 radical (unpaired) electrons. The third-order valence-corrected chi connectivity index (χ3v) is 18.7. The number of benzene rings is 1. The number of hydrogen-bond acceptors (Lipinski definition) is 1. The first-order valence-corrected chi connectivity index (χ1v) is 17.9. The summed E-state index contributed by atoms with van der Waals surface area (Å²) in [6.45, 7) is 37.5. The van der Waals surface area contributed by atoms with Crippen LogP contribution in [0, 0.1) is 11.5 Å². The minimum absolute atomic E-state index is 0.0513. The quantitative estimate of drug-likeness (QED) is 0.276. The van der Waals surface area contributed by atoms with E-state index in [1.807, 2.05) is 0 Å². The van der Waals surface area contributed by atoms with Crippen molar-refractivity contribution in [1.29, 1.82) is 0 Å². The summed E-state index contributed by atoms with van der Waals surface area (Å²) in [6, 6.07) is 6.82. The lowest BCUT2D eigenvalue weighted by molar-refractivity contribution is 0.334. The second-order valence-corrected chi connectivity index (χ2v) is 23.7. The first-order valence-electron chi connectivity index (χ1n) is 12.8. The predicted octanol–water partition coefficient (Wildman–Crippen LogP) is 9.59. The Morgan fingerprint density at radius 3 is 1.76 bits per heavy atom. The van der Waals surface area contributed by atoms with Gasteiger partial charge in [-0.25, -0.2) is 0 Å². The molecule has 3 heteroatoms. The van der Waals surface area contributed by atoms with E-state index in [2.05, 4.69) is 132 Å². The van der Waals surface area contributed by atoms with Crippen molar-refractivity contribution < 1.29 is 4.43 Å². The molecule has 0 bridgehead atoms. The highest BCUT2D eigenvalue weighted by atomic mass is 28.4. The highest BCUT2D eigenvalue weighted by Crippen LogP contribution is 2.41. The van der Waals surface area contributed by atoms with Gasteiger partial charge in [0.25, 0.3) is 0 Å². The predicted molar refractivity (Wildman–Crippen MR) is 155 cm³/mol. The second kappa shape index (κ2) is 10.7. The van der Waals surface area contributed by atoms with Crippen LogP contribution in [0.1, 0.15) is 99.8 Å². The summed E-state index contributed by atoms with van der Waals surface area (Å²) < 4.78 is 6.49. The van der Waals surface area contributed by atoms with Crippen molar-refractivity contribution in [3.05, 3.63) is 41.5 Å². The van der Waals surface area contributed by atoms with Crippen LogP contribution < -0.4 is 0 Å². The molecule has 186 valence electrons. The van der Waals surface area contributed by atoms with Crippen LogP contribution >= 0.6 is 0 Å². The van der Waals surface area contributed by atoms with Crippen molar-refractivity contribution in [3.8, 4) is 11.5 Å². The SMILES string of the molecule is C=C(CO[Si](C)(C)C(C)(C)C)c1cc(C#C[Si](C(C)C)(C(C)C)C(C)C)cc(C(C)(C)C)c1. The van der Waals surface area contributed by atoms with Crippen LogP contribution in [0.4, 0.5) is 0 Å². The van der Waals surface area contributed by atoms with Crippen LogP contribution in [0.15, 0.2) is 24.8 Å². The van der Waals surface area contributed by atoms with Crippen molar-refractivity contribution in [1.82, 2.24) is 0 Å². The fourth-order valence-electron chi connectivity index (χ4n) is 4.52. The lowest BCUT2D eigenvalue weighted by Crippen LogP contribution is -2.43. The molecule has 1 nitrogen and oxygen atoms in total. The van der Waals surface area contributed by atoms with Crippen LogP contribution in [0.5, 0.6) is 0 Å². The van der Waals surface area contributed by atoms with Crippen molar-refractivity contribution >= 4 is 22.0 Å². The lowest BCUT2D eigenvalue weighted by Gasteiger charge is -2.38. The van der Waals surface area contributed by atoms with Gasteiger partial charge in [-0.2, -0.15) is 0 Å². The molecule has 0 aliphatic heterocycles. The van der Waals surface area contributed by atoms with Gasteiger partial charge in [0.05, 0.1) is 6.61 Å². The fraction of sp³-hybridized carbons (Fsp3) is 0.667. The molecule has 1 aromatic rings.